The number of nitrogens with one attached hydrogen (secondary N) is 1. The SMILES string of the molecule is CC(=O)OC(C)C1CC(=O)CC2(C)CCC3C(CCNC4CCC(OC(C)=O)C43)C12. The largest absolute Gasteiger partial charge is 0.463 e. The predicted octanol–water partition coefficient (Wildman–Crippen LogP) is 3.27. The summed E-state index contributed by atoms with van der Waals surface area (Å²) in [6, 6.07) is 0.406. The van der Waals surface area contributed by atoms with Crippen LogP contribution in [0.2, 0.25) is 0 Å². The van der Waals surface area contributed by atoms with Crippen molar-refractivity contribution in [3.63, 3.8) is 0 Å². The predicted molar refractivity (Wildman–Crippen MR) is 111 cm³/mol. The number of ketones is 1. The normalized spacial score (nSPS) is 44.1. The molecule has 6 heteroatoms. The van der Waals surface area contributed by atoms with E-state index in [9.17, 15) is 14.4 Å². The van der Waals surface area contributed by atoms with E-state index in [0.29, 0.717) is 48.3 Å². The maximum atomic E-state index is 12.7. The lowest BCUT2D eigenvalue weighted by atomic mass is 9.48. The summed E-state index contributed by atoms with van der Waals surface area (Å²) in [6.07, 6.45) is 6.04. The average Bonchev–Trinajstić information content (AvgIpc) is 2.91. The highest BCUT2D eigenvalue weighted by Crippen LogP contribution is 2.60. The number of fused-ring (bicyclic) bond motifs is 5. The van der Waals surface area contributed by atoms with Crippen LogP contribution in [-0.4, -0.2) is 42.5 Å². The van der Waals surface area contributed by atoms with E-state index in [-0.39, 0.29) is 35.5 Å². The van der Waals surface area contributed by atoms with Crippen LogP contribution in [0.4, 0.5) is 0 Å². The van der Waals surface area contributed by atoms with Gasteiger partial charge in [0.1, 0.15) is 18.0 Å². The van der Waals surface area contributed by atoms with E-state index in [4.69, 9.17) is 9.47 Å². The Bertz CT molecular complexity index is 708. The molecular weight excluding hydrogens is 382 g/mol. The van der Waals surface area contributed by atoms with E-state index in [1.54, 1.807) is 0 Å². The molecule has 6 nitrogen and oxygen atoms in total. The molecule has 9 unspecified atom stereocenters. The minimum Gasteiger partial charge on any atom is -0.463 e. The lowest BCUT2D eigenvalue weighted by Crippen LogP contribution is -2.54. The third-order valence-corrected chi connectivity index (χ3v) is 8.70. The van der Waals surface area contributed by atoms with Crippen molar-refractivity contribution in [3.8, 4) is 0 Å². The summed E-state index contributed by atoms with van der Waals surface area (Å²) in [5.41, 5.74) is -0.0368. The van der Waals surface area contributed by atoms with Gasteiger partial charge in [0, 0.05) is 44.6 Å². The fraction of sp³-hybridized carbons (Fsp3) is 0.875. The zero-order valence-electron chi connectivity index (χ0n) is 18.8. The van der Waals surface area contributed by atoms with Crippen LogP contribution in [-0.2, 0) is 23.9 Å². The van der Waals surface area contributed by atoms with E-state index < -0.39 is 0 Å². The number of rotatable bonds is 3. The van der Waals surface area contributed by atoms with Gasteiger partial charge in [-0.1, -0.05) is 6.92 Å². The molecule has 168 valence electrons. The average molecular weight is 420 g/mol. The van der Waals surface area contributed by atoms with E-state index in [0.717, 1.165) is 38.6 Å². The highest BCUT2D eigenvalue weighted by Gasteiger charge is 2.58. The van der Waals surface area contributed by atoms with Crippen molar-refractivity contribution in [2.24, 2.45) is 35.0 Å². The second-order valence-corrected chi connectivity index (χ2v) is 10.6. The molecule has 0 aromatic rings. The number of Topliss-reactive ketones (excluding diaryl/α,β-unsaturated/α-hetero) is 1. The second kappa shape index (κ2) is 8.25. The lowest BCUT2D eigenvalue weighted by molar-refractivity contribution is -0.165. The van der Waals surface area contributed by atoms with Crippen molar-refractivity contribution in [2.45, 2.75) is 90.9 Å². The Hall–Kier alpha value is -1.43. The number of esters is 2. The minimum absolute atomic E-state index is 0.00970. The summed E-state index contributed by atoms with van der Waals surface area (Å²) in [6.45, 7) is 8.17. The standard InChI is InChI=1S/C24H37NO5/c1-13(29-14(2)26)19-11-16(28)12-24(4)9-7-17-18(23(19)24)8-10-25-20-5-6-21(22(17)20)30-15(3)27/h13,17-23,25H,5-12H2,1-4H3. The van der Waals surface area contributed by atoms with Crippen LogP contribution in [0.5, 0.6) is 0 Å². The lowest BCUT2D eigenvalue weighted by Gasteiger charge is -2.57. The van der Waals surface area contributed by atoms with Gasteiger partial charge in [0.25, 0.3) is 0 Å². The van der Waals surface area contributed by atoms with E-state index in [1.165, 1.54) is 13.8 Å². The first-order valence-corrected chi connectivity index (χ1v) is 11.8. The van der Waals surface area contributed by atoms with Gasteiger partial charge >= 0.3 is 11.9 Å². The van der Waals surface area contributed by atoms with Gasteiger partial charge in [-0.2, -0.15) is 0 Å². The van der Waals surface area contributed by atoms with Crippen molar-refractivity contribution in [2.75, 3.05) is 6.54 Å². The second-order valence-electron chi connectivity index (χ2n) is 10.6. The van der Waals surface area contributed by atoms with Gasteiger partial charge in [-0.25, -0.2) is 0 Å². The first kappa shape index (κ1) is 21.8. The molecule has 0 bridgehead atoms. The van der Waals surface area contributed by atoms with Crippen LogP contribution in [0.1, 0.15) is 72.6 Å². The number of hydrogen-bond acceptors (Lipinski definition) is 6. The molecule has 4 rings (SSSR count). The molecule has 0 radical (unpaired) electrons. The monoisotopic (exact) mass is 419 g/mol. The summed E-state index contributed by atoms with van der Waals surface area (Å²) in [5, 5.41) is 3.75. The van der Waals surface area contributed by atoms with Gasteiger partial charge in [0.15, 0.2) is 0 Å². The number of carbonyl (C=O) groups excluding carboxylic acids is 3. The summed E-state index contributed by atoms with van der Waals surface area (Å²) in [7, 11) is 0. The van der Waals surface area contributed by atoms with E-state index in [2.05, 4.69) is 12.2 Å². The Labute approximate surface area is 179 Å². The summed E-state index contributed by atoms with van der Waals surface area (Å²) >= 11 is 0. The van der Waals surface area contributed by atoms with E-state index in [1.807, 2.05) is 6.92 Å². The molecule has 0 spiro atoms. The Morgan fingerprint density at radius 1 is 1.10 bits per heavy atom. The zero-order chi connectivity index (χ0) is 21.6. The number of hydrogen-bond donors (Lipinski definition) is 1. The molecule has 30 heavy (non-hydrogen) atoms. The molecule has 1 heterocycles. The van der Waals surface area contributed by atoms with Gasteiger partial charge < -0.3 is 14.8 Å². The molecule has 3 saturated carbocycles. The molecule has 0 aromatic heterocycles. The van der Waals surface area contributed by atoms with Gasteiger partial charge in [-0.3, -0.25) is 14.4 Å². The quantitative estimate of drug-likeness (QED) is 0.707. The van der Waals surface area contributed by atoms with Crippen LogP contribution in [0.25, 0.3) is 0 Å². The Balaban J connectivity index is 1.67. The summed E-state index contributed by atoms with van der Waals surface area (Å²) < 4.78 is 11.4. The molecule has 4 fully saturated rings. The first-order chi connectivity index (χ1) is 14.2. The van der Waals surface area contributed by atoms with Gasteiger partial charge in [-0.05, 0) is 68.7 Å². The van der Waals surface area contributed by atoms with Gasteiger partial charge in [-0.15, -0.1) is 0 Å². The maximum Gasteiger partial charge on any atom is 0.302 e. The number of ether oxygens (including phenoxy) is 2. The molecule has 4 aliphatic rings. The summed E-state index contributed by atoms with van der Waals surface area (Å²) in [5.74, 6) is 1.54. The molecule has 1 N–H and O–H groups in total. The Kier molecular flexibility index (Phi) is 5.99. The Morgan fingerprint density at radius 2 is 1.87 bits per heavy atom. The smallest absolute Gasteiger partial charge is 0.302 e. The molecule has 3 aliphatic carbocycles. The molecule has 0 aromatic carbocycles. The topological polar surface area (TPSA) is 81.7 Å². The molecule has 1 saturated heterocycles. The first-order valence-electron chi connectivity index (χ1n) is 11.8. The molecule has 9 atom stereocenters. The molecule has 1 aliphatic heterocycles. The van der Waals surface area contributed by atoms with Crippen LogP contribution in [0.3, 0.4) is 0 Å². The van der Waals surface area contributed by atoms with Crippen LogP contribution < -0.4 is 5.32 Å². The van der Waals surface area contributed by atoms with Crippen molar-refractivity contribution >= 4 is 17.7 Å². The highest BCUT2D eigenvalue weighted by molar-refractivity contribution is 5.80. The van der Waals surface area contributed by atoms with Gasteiger partial charge in [0.05, 0.1) is 0 Å². The highest BCUT2D eigenvalue weighted by atomic mass is 16.5. The minimum atomic E-state index is -0.275. The number of carbonyl (C=O) groups is 3. The fourth-order valence-electron chi connectivity index (χ4n) is 7.88. The van der Waals surface area contributed by atoms with E-state index >= 15 is 0 Å². The van der Waals surface area contributed by atoms with Crippen LogP contribution in [0.15, 0.2) is 0 Å². The third-order valence-electron chi connectivity index (χ3n) is 8.70. The van der Waals surface area contributed by atoms with Crippen molar-refractivity contribution in [1.29, 1.82) is 0 Å². The third kappa shape index (κ3) is 3.92. The molecule has 0 amide bonds. The maximum absolute atomic E-state index is 12.7. The Morgan fingerprint density at radius 3 is 2.57 bits per heavy atom. The summed E-state index contributed by atoms with van der Waals surface area (Å²) in [4.78, 5) is 36.1. The van der Waals surface area contributed by atoms with Gasteiger partial charge in [0.2, 0.25) is 0 Å². The fourth-order valence-corrected chi connectivity index (χ4v) is 7.88. The van der Waals surface area contributed by atoms with Crippen LogP contribution in [0, 0.1) is 35.0 Å². The van der Waals surface area contributed by atoms with Crippen LogP contribution >= 0.6 is 0 Å². The zero-order valence-corrected chi connectivity index (χ0v) is 18.8. The van der Waals surface area contributed by atoms with Crippen molar-refractivity contribution < 1.29 is 23.9 Å². The van der Waals surface area contributed by atoms with Crippen molar-refractivity contribution in [3.05, 3.63) is 0 Å². The molecular formula is C24H37NO5. The van der Waals surface area contributed by atoms with Crippen molar-refractivity contribution in [1.82, 2.24) is 5.32 Å².